The van der Waals surface area contributed by atoms with E-state index >= 15 is 0 Å². The summed E-state index contributed by atoms with van der Waals surface area (Å²) in [6.07, 6.45) is 0.702. The van der Waals surface area contributed by atoms with Gasteiger partial charge >= 0.3 is 0 Å². The van der Waals surface area contributed by atoms with Crippen molar-refractivity contribution in [1.82, 2.24) is 0 Å². The molecule has 78 valence electrons. The van der Waals surface area contributed by atoms with Crippen LogP contribution >= 0.6 is 11.6 Å². The summed E-state index contributed by atoms with van der Waals surface area (Å²) in [5.74, 6) is -0.244. The van der Waals surface area contributed by atoms with Crippen molar-refractivity contribution < 1.29 is 9.50 Å². The second kappa shape index (κ2) is 3.70. The Bertz CT molecular complexity index is 523. The van der Waals surface area contributed by atoms with Crippen LogP contribution < -0.4 is 0 Å². The van der Waals surface area contributed by atoms with Crippen molar-refractivity contribution in [3.8, 4) is 5.75 Å². The van der Waals surface area contributed by atoms with Crippen LogP contribution in [0.25, 0.3) is 10.8 Å². The van der Waals surface area contributed by atoms with Gasteiger partial charge in [-0.15, -0.1) is 0 Å². The summed E-state index contributed by atoms with van der Waals surface area (Å²) >= 11 is 5.91. The van der Waals surface area contributed by atoms with Gasteiger partial charge in [0, 0.05) is 5.39 Å². The molecule has 0 spiro atoms. The quantitative estimate of drug-likeness (QED) is 0.779. The fourth-order valence-corrected chi connectivity index (χ4v) is 2.04. The lowest BCUT2D eigenvalue weighted by Gasteiger charge is -2.08. The third-order valence-electron chi connectivity index (χ3n) is 2.45. The summed E-state index contributed by atoms with van der Waals surface area (Å²) in [4.78, 5) is 0. The molecule has 0 aliphatic rings. The minimum Gasteiger partial charge on any atom is -0.508 e. The molecular weight excluding hydrogens is 215 g/mol. The van der Waals surface area contributed by atoms with E-state index in [1.165, 1.54) is 6.07 Å². The van der Waals surface area contributed by atoms with Crippen LogP contribution in [-0.2, 0) is 6.42 Å². The van der Waals surface area contributed by atoms with E-state index in [1.807, 2.05) is 6.92 Å². The zero-order chi connectivity index (χ0) is 11.0. The van der Waals surface area contributed by atoms with E-state index in [1.54, 1.807) is 18.2 Å². The molecule has 2 aromatic carbocycles. The van der Waals surface area contributed by atoms with Crippen molar-refractivity contribution in [2.45, 2.75) is 13.3 Å². The number of halogens is 2. The predicted octanol–water partition coefficient (Wildman–Crippen LogP) is 3.90. The molecule has 2 aromatic rings. The van der Waals surface area contributed by atoms with Gasteiger partial charge in [0.1, 0.15) is 11.6 Å². The Hall–Kier alpha value is -1.28. The number of aryl methyl sites for hydroxylation is 1. The molecule has 0 radical (unpaired) electrons. The van der Waals surface area contributed by atoms with Crippen LogP contribution in [0.1, 0.15) is 12.5 Å². The fraction of sp³-hybridized carbons (Fsp3) is 0.167. The van der Waals surface area contributed by atoms with Crippen LogP contribution in [0.4, 0.5) is 4.39 Å². The maximum absolute atomic E-state index is 13.3. The molecule has 0 aliphatic heterocycles. The highest BCUT2D eigenvalue weighted by molar-refractivity contribution is 6.36. The first-order valence-corrected chi connectivity index (χ1v) is 5.11. The SMILES string of the molecule is CCc1cc(O)cc2ccc(F)c(Cl)c12. The van der Waals surface area contributed by atoms with Gasteiger partial charge in [0.05, 0.1) is 5.02 Å². The van der Waals surface area contributed by atoms with Crippen LogP contribution in [0.15, 0.2) is 24.3 Å². The monoisotopic (exact) mass is 224 g/mol. The molecule has 0 unspecified atom stereocenters. The Kier molecular flexibility index (Phi) is 2.53. The summed E-state index contributed by atoms with van der Waals surface area (Å²) in [5, 5.41) is 11.0. The lowest BCUT2D eigenvalue weighted by molar-refractivity contribution is 0.475. The lowest BCUT2D eigenvalue weighted by atomic mass is 10.0. The molecular formula is C12H10ClFO. The van der Waals surface area contributed by atoms with Crippen LogP contribution in [0, 0.1) is 5.82 Å². The Balaban J connectivity index is 2.91. The van der Waals surface area contributed by atoms with Crippen LogP contribution in [0.2, 0.25) is 5.02 Å². The standard InChI is InChI=1S/C12H10ClFO/c1-2-7-5-9(15)6-8-3-4-10(14)12(13)11(7)8/h3-6,15H,2H2,1H3. The van der Waals surface area contributed by atoms with E-state index in [-0.39, 0.29) is 10.8 Å². The van der Waals surface area contributed by atoms with Gasteiger partial charge in [-0.2, -0.15) is 0 Å². The summed E-state index contributed by atoms with van der Waals surface area (Å²) < 4.78 is 13.3. The lowest BCUT2D eigenvalue weighted by Crippen LogP contribution is -1.87. The molecule has 0 amide bonds. The average Bonchev–Trinajstić information content (AvgIpc) is 2.22. The zero-order valence-electron chi connectivity index (χ0n) is 8.22. The van der Waals surface area contributed by atoms with Crippen molar-refractivity contribution in [2.75, 3.05) is 0 Å². The number of fused-ring (bicyclic) bond motifs is 1. The van der Waals surface area contributed by atoms with Crippen LogP contribution in [0.3, 0.4) is 0 Å². The zero-order valence-corrected chi connectivity index (χ0v) is 8.98. The van der Waals surface area contributed by atoms with Crippen molar-refractivity contribution >= 4 is 22.4 Å². The van der Waals surface area contributed by atoms with E-state index in [4.69, 9.17) is 11.6 Å². The largest absolute Gasteiger partial charge is 0.508 e. The molecule has 0 heterocycles. The second-order valence-electron chi connectivity index (χ2n) is 3.42. The van der Waals surface area contributed by atoms with Gasteiger partial charge in [-0.1, -0.05) is 24.6 Å². The maximum Gasteiger partial charge on any atom is 0.142 e. The van der Waals surface area contributed by atoms with E-state index in [9.17, 15) is 9.50 Å². The number of rotatable bonds is 1. The molecule has 0 fully saturated rings. The molecule has 0 aromatic heterocycles. The number of phenolic OH excluding ortho intramolecular Hbond substituents is 1. The van der Waals surface area contributed by atoms with E-state index in [0.717, 1.165) is 10.9 Å². The average molecular weight is 225 g/mol. The normalized spacial score (nSPS) is 10.9. The molecule has 3 heteroatoms. The third kappa shape index (κ3) is 1.65. The third-order valence-corrected chi connectivity index (χ3v) is 2.82. The smallest absolute Gasteiger partial charge is 0.142 e. The number of hydrogen-bond acceptors (Lipinski definition) is 1. The molecule has 0 saturated heterocycles. The number of hydrogen-bond donors (Lipinski definition) is 1. The molecule has 0 bridgehead atoms. The number of aromatic hydroxyl groups is 1. The molecule has 0 saturated carbocycles. The van der Waals surface area contributed by atoms with Gasteiger partial charge in [0.2, 0.25) is 0 Å². The highest BCUT2D eigenvalue weighted by Crippen LogP contribution is 2.32. The first-order valence-electron chi connectivity index (χ1n) is 4.73. The molecule has 1 nitrogen and oxygen atoms in total. The maximum atomic E-state index is 13.3. The predicted molar refractivity (Wildman–Crippen MR) is 60.0 cm³/mol. The Morgan fingerprint density at radius 1 is 1.33 bits per heavy atom. The Morgan fingerprint density at radius 2 is 2.07 bits per heavy atom. The van der Waals surface area contributed by atoms with Crippen molar-refractivity contribution in [3.63, 3.8) is 0 Å². The first-order chi connectivity index (χ1) is 7.13. The van der Waals surface area contributed by atoms with Gasteiger partial charge in [-0.05, 0) is 35.6 Å². The van der Waals surface area contributed by atoms with Gasteiger partial charge in [-0.3, -0.25) is 0 Å². The Morgan fingerprint density at radius 3 is 2.73 bits per heavy atom. The second-order valence-corrected chi connectivity index (χ2v) is 3.80. The first kappa shape index (κ1) is 10.2. The molecule has 0 atom stereocenters. The van der Waals surface area contributed by atoms with Crippen molar-refractivity contribution in [3.05, 3.63) is 40.7 Å². The van der Waals surface area contributed by atoms with E-state index < -0.39 is 5.82 Å². The highest BCUT2D eigenvalue weighted by Gasteiger charge is 2.09. The summed E-state index contributed by atoms with van der Waals surface area (Å²) in [5.41, 5.74) is 0.856. The van der Waals surface area contributed by atoms with Gasteiger partial charge in [0.25, 0.3) is 0 Å². The topological polar surface area (TPSA) is 20.2 Å². The summed E-state index contributed by atoms with van der Waals surface area (Å²) in [6.45, 7) is 1.94. The minimum absolute atomic E-state index is 0.129. The van der Waals surface area contributed by atoms with Gasteiger partial charge < -0.3 is 5.11 Å². The molecule has 2 rings (SSSR count). The van der Waals surface area contributed by atoms with Crippen molar-refractivity contribution in [2.24, 2.45) is 0 Å². The van der Waals surface area contributed by atoms with Crippen LogP contribution in [-0.4, -0.2) is 5.11 Å². The Labute approximate surface area is 92.1 Å². The molecule has 15 heavy (non-hydrogen) atoms. The minimum atomic E-state index is -0.426. The number of phenols is 1. The van der Waals surface area contributed by atoms with Crippen LogP contribution in [0.5, 0.6) is 5.75 Å². The van der Waals surface area contributed by atoms with E-state index in [0.29, 0.717) is 11.8 Å². The number of benzene rings is 2. The van der Waals surface area contributed by atoms with Gasteiger partial charge in [0.15, 0.2) is 0 Å². The summed E-state index contributed by atoms with van der Waals surface area (Å²) in [7, 11) is 0. The summed E-state index contributed by atoms with van der Waals surface area (Å²) in [6, 6.07) is 6.13. The van der Waals surface area contributed by atoms with Crippen molar-refractivity contribution in [1.29, 1.82) is 0 Å². The van der Waals surface area contributed by atoms with E-state index in [2.05, 4.69) is 0 Å². The fourth-order valence-electron chi connectivity index (χ4n) is 1.74. The highest BCUT2D eigenvalue weighted by atomic mass is 35.5. The van der Waals surface area contributed by atoms with Gasteiger partial charge in [-0.25, -0.2) is 4.39 Å². The molecule has 1 N–H and O–H groups in total. The molecule has 0 aliphatic carbocycles.